The first-order valence-electron chi connectivity index (χ1n) is 4.35. The minimum absolute atomic E-state index is 0.325. The molecular weight excluding hydrogens is 251 g/mol. The fraction of sp³-hybridized carbons (Fsp3) is 0.400. The maximum atomic E-state index is 13.0. The van der Waals surface area contributed by atoms with E-state index in [1.807, 2.05) is 0 Å². The van der Waals surface area contributed by atoms with Gasteiger partial charge in [-0.15, -0.1) is 0 Å². The number of halogens is 2. The average molecular weight is 263 g/mol. The molecular formula is C10H12BrFO2. The molecule has 0 bridgehead atoms. The molecule has 0 aromatic heterocycles. The van der Waals surface area contributed by atoms with Crippen LogP contribution < -0.4 is 0 Å². The Morgan fingerprint density at radius 3 is 2.71 bits per heavy atom. The van der Waals surface area contributed by atoms with Crippen molar-refractivity contribution in [2.75, 3.05) is 0 Å². The number of aliphatic hydroxyl groups is 1. The summed E-state index contributed by atoms with van der Waals surface area (Å²) in [4.78, 5) is 0. The van der Waals surface area contributed by atoms with Gasteiger partial charge < -0.3 is 10.2 Å². The van der Waals surface area contributed by atoms with Crippen molar-refractivity contribution in [3.05, 3.63) is 28.0 Å². The Kier molecular flexibility index (Phi) is 3.89. The molecule has 0 fully saturated rings. The highest BCUT2D eigenvalue weighted by Gasteiger charge is 2.09. The predicted molar refractivity (Wildman–Crippen MR) is 55.8 cm³/mol. The average Bonchev–Trinajstić information content (AvgIpc) is 2.08. The van der Waals surface area contributed by atoms with E-state index in [0.717, 1.165) is 0 Å². The molecule has 0 saturated heterocycles. The highest BCUT2D eigenvalue weighted by Crippen LogP contribution is 2.27. The lowest BCUT2D eigenvalue weighted by molar-refractivity contribution is 0.184. The van der Waals surface area contributed by atoms with Crippen LogP contribution in [0.25, 0.3) is 0 Å². The number of aliphatic hydroxyl groups excluding tert-OH is 1. The summed E-state index contributed by atoms with van der Waals surface area (Å²) in [7, 11) is 0. The molecule has 1 rings (SSSR count). The smallest absolute Gasteiger partial charge is 0.166 e. The Balaban J connectivity index is 2.85. The van der Waals surface area contributed by atoms with Crippen LogP contribution in [0, 0.1) is 5.82 Å². The molecule has 0 aliphatic carbocycles. The Labute approximate surface area is 90.5 Å². The molecule has 0 aliphatic rings. The van der Waals surface area contributed by atoms with Crippen LogP contribution in [0.3, 0.4) is 0 Å². The maximum Gasteiger partial charge on any atom is 0.166 e. The summed E-state index contributed by atoms with van der Waals surface area (Å²) in [6.45, 7) is 1.66. The zero-order valence-electron chi connectivity index (χ0n) is 7.80. The second kappa shape index (κ2) is 4.75. The van der Waals surface area contributed by atoms with Gasteiger partial charge in [0.1, 0.15) is 0 Å². The fourth-order valence-electron chi connectivity index (χ4n) is 1.17. The molecule has 0 heterocycles. The summed E-state index contributed by atoms with van der Waals surface area (Å²) in [6.07, 6.45) is 0.514. The molecule has 1 atom stereocenters. The van der Waals surface area contributed by atoms with Gasteiger partial charge in [0.2, 0.25) is 0 Å². The van der Waals surface area contributed by atoms with Crippen LogP contribution in [0.1, 0.15) is 18.9 Å². The molecule has 0 amide bonds. The Hall–Kier alpha value is -0.610. The van der Waals surface area contributed by atoms with E-state index in [-0.39, 0.29) is 5.75 Å². The van der Waals surface area contributed by atoms with Gasteiger partial charge in [0.25, 0.3) is 0 Å². The SMILES string of the molecule is C[C@@H](O)CCc1cc(Br)cc(F)c1O. The molecule has 1 aromatic carbocycles. The van der Waals surface area contributed by atoms with Crippen LogP contribution in [0.4, 0.5) is 4.39 Å². The van der Waals surface area contributed by atoms with Gasteiger partial charge in [-0.1, -0.05) is 15.9 Å². The highest BCUT2D eigenvalue weighted by molar-refractivity contribution is 9.10. The van der Waals surface area contributed by atoms with Gasteiger partial charge in [-0.3, -0.25) is 0 Å². The number of rotatable bonds is 3. The largest absolute Gasteiger partial charge is 0.505 e. The van der Waals surface area contributed by atoms with Gasteiger partial charge >= 0.3 is 0 Å². The van der Waals surface area contributed by atoms with Crippen molar-refractivity contribution in [3.8, 4) is 5.75 Å². The van der Waals surface area contributed by atoms with Crippen LogP contribution >= 0.6 is 15.9 Å². The molecule has 0 saturated carbocycles. The first-order valence-corrected chi connectivity index (χ1v) is 5.15. The van der Waals surface area contributed by atoms with Crippen LogP contribution in [-0.4, -0.2) is 16.3 Å². The second-order valence-corrected chi connectivity index (χ2v) is 4.20. The normalized spacial score (nSPS) is 12.9. The van der Waals surface area contributed by atoms with Gasteiger partial charge in [0.05, 0.1) is 6.10 Å². The van der Waals surface area contributed by atoms with E-state index >= 15 is 0 Å². The summed E-state index contributed by atoms with van der Waals surface area (Å²) in [5, 5.41) is 18.4. The number of phenolic OH excluding ortho intramolecular Hbond substituents is 1. The van der Waals surface area contributed by atoms with E-state index in [0.29, 0.717) is 22.9 Å². The lowest BCUT2D eigenvalue weighted by Gasteiger charge is -2.07. The van der Waals surface area contributed by atoms with Gasteiger partial charge in [0.15, 0.2) is 11.6 Å². The minimum Gasteiger partial charge on any atom is -0.505 e. The minimum atomic E-state index is -0.639. The summed E-state index contributed by atoms with van der Waals surface area (Å²) in [5.41, 5.74) is 0.512. The van der Waals surface area contributed by atoms with Crippen LogP contribution in [0.2, 0.25) is 0 Å². The lowest BCUT2D eigenvalue weighted by atomic mass is 10.1. The van der Waals surface area contributed by atoms with E-state index in [1.54, 1.807) is 13.0 Å². The van der Waals surface area contributed by atoms with E-state index in [4.69, 9.17) is 5.11 Å². The van der Waals surface area contributed by atoms with Crippen molar-refractivity contribution in [1.29, 1.82) is 0 Å². The number of benzene rings is 1. The predicted octanol–water partition coefficient (Wildman–Crippen LogP) is 2.61. The number of aryl methyl sites for hydroxylation is 1. The third kappa shape index (κ3) is 2.96. The summed E-state index contributed by atoms with van der Waals surface area (Å²) in [5.74, 6) is -0.964. The van der Waals surface area contributed by atoms with Gasteiger partial charge in [-0.05, 0) is 37.5 Å². The third-order valence-electron chi connectivity index (χ3n) is 1.94. The molecule has 0 spiro atoms. The monoisotopic (exact) mass is 262 g/mol. The van der Waals surface area contributed by atoms with Gasteiger partial charge in [-0.2, -0.15) is 0 Å². The van der Waals surface area contributed by atoms with E-state index in [9.17, 15) is 9.50 Å². The molecule has 0 aliphatic heterocycles. The number of hydrogen-bond donors (Lipinski definition) is 2. The second-order valence-electron chi connectivity index (χ2n) is 3.28. The van der Waals surface area contributed by atoms with Crippen LogP contribution in [0.5, 0.6) is 5.75 Å². The number of aromatic hydroxyl groups is 1. The van der Waals surface area contributed by atoms with E-state index in [1.165, 1.54) is 6.07 Å². The number of hydrogen-bond acceptors (Lipinski definition) is 2. The van der Waals surface area contributed by atoms with Crippen molar-refractivity contribution in [1.82, 2.24) is 0 Å². The van der Waals surface area contributed by atoms with Crippen LogP contribution in [-0.2, 0) is 6.42 Å². The lowest BCUT2D eigenvalue weighted by Crippen LogP contribution is -2.02. The zero-order chi connectivity index (χ0) is 10.7. The summed E-state index contributed by atoms with van der Waals surface area (Å²) >= 11 is 3.14. The summed E-state index contributed by atoms with van der Waals surface area (Å²) < 4.78 is 13.6. The molecule has 2 N–H and O–H groups in total. The summed E-state index contributed by atoms with van der Waals surface area (Å²) in [6, 6.07) is 2.86. The Morgan fingerprint density at radius 2 is 2.14 bits per heavy atom. The van der Waals surface area contributed by atoms with Crippen molar-refractivity contribution in [3.63, 3.8) is 0 Å². The fourth-order valence-corrected chi connectivity index (χ4v) is 1.65. The standard InChI is InChI=1S/C10H12BrFO2/c1-6(13)2-3-7-4-8(11)5-9(12)10(7)14/h4-6,13-14H,2-3H2,1H3/t6-/m1/s1. The van der Waals surface area contributed by atoms with Gasteiger partial charge in [-0.25, -0.2) is 4.39 Å². The van der Waals surface area contributed by atoms with Crippen molar-refractivity contribution < 1.29 is 14.6 Å². The Bertz CT molecular complexity index is 326. The first kappa shape index (κ1) is 11.5. The molecule has 1 aromatic rings. The molecule has 4 heteroatoms. The highest BCUT2D eigenvalue weighted by atomic mass is 79.9. The van der Waals surface area contributed by atoms with E-state index in [2.05, 4.69) is 15.9 Å². The topological polar surface area (TPSA) is 40.5 Å². The zero-order valence-corrected chi connectivity index (χ0v) is 9.38. The maximum absolute atomic E-state index is 13.0. The molecule has 0 radical (unpaired) electrons. The van der Waals surface area contributed by atoms with E-state index < -0.39 is 11.9 Å². The third-order valence-corrected chi connectivity index (χ3v) is 2.40. The van der Waals surface area contributed by atoms with Crippen molar-refractivity contribution in [2.24, 2.45) is 0 Å². The molecule has 14 heavy (non-hydrogen) atoms. The first-order chi connectivity index (χ1) is 6.50. The quantitative estimate of drug-likeness (QED) is 0.880. The molecule has 78 valence electrons. The van der Waals surface area contributed by atoms with Crippen LogP contribution in [0.15, 0.2) is 16.6 Å². The number of phenols is 1. The van der Waals surface area contributed by atoms with Crippen molar-refractivity contribution in [2.45, 2.75) is 25.9 Å². The van der Waals surface area contributed by atoms with Gasteiger partial charge in [0, 0.05) is 4.47 Å². The molecule has 0 unspecified atom stereocenters. The Morgan fingerprint density at radius 1 is 1.50 bits per heavy atom. The molecule has 2 nitrogen and oxygen atoms in total. The van der Waals surface area contributed by atoms with Crippen molar-refractivity contribution >= 4 is 15.9 Å².